The first-order valence-corrected chi connectivity index (χ1v) is 8.25. The lowest BCUT2D eigenvalue weighted by Gasteiger charge is -2.39. The average Bonchev–Trinajstić information content (AvgIpc) is 2.67. The van der Waals surface area contributed by atoms with E-state index in [-0.39, 0.29) is 17.9 Å². The number of hydrogen-bond acceptors (Lipinski definition) is 2. The lowest BCUT2D eigenvalue weighted by Crippen LogP contribution is -2.40. The number of likely N-dealkylation sites (tertiary alicyclic amines) is 1. The minimum Gasteiger partial charge on any atom is -0.484 e. The van der Waals surface area contributed by atoms with Crippen LogP contribution in [0.5, 0.6) is 5.75 Å². The van der Waals surface area contributed by atoms with Crippen LogP contribution < -0.4 is 4.74 Å². The molecule has 3 heteroatoms. The fourth-order valence-electron chi connectivity index (χ4n) is 4.61. The Morgan fingerprint density at radius 2 is 1.91 bits per heavy atom. The maximum atomic E-state index is 12.6. The van der Waals surface area contributed by atoms with Crippen molar-refractivity contribution < 1.29 is 9.53 Å². The lowest BCUT2D eigenvalue weighted by molar-refractivity contribution is -0.134. The van der Waals surface area contributed by atoms with E-state index in [4.69, 9.17) is 4.74 Å². The smallest absolute Gasteiger partial charge is 0.260 e. The van der Waals surface area contributed by atoms with Gasteiger partial charge in [-0.2, -0.15) is 0 Å². The van der Waals surface area contributed by atoms with Crippen LogP contribution in [0.25, 0.3) is 0 Å². The zero-order valence-electron chi connectivity index (χ0n) is 14.2. The van der Waals surface area contributed by atoms with Crippen molar-refractivity contribution in [3.8, 4) is 5.75 Å². The van der Waals surface area contributed by atoms with E-state index in [0.29, 0.717) is 11.5 Å². The van der Waals surface area contributed by atoms with Gasteiger partial charge in [-0.1, -0.05) is 38.5 Å². The number of carbonyl (C=O) groups is 1. The van der Waals surface area contributed by atoms with Crippen LogP contribution in [0.15, 0.2) is 24.3 Å². The van der Waals surface area contributed by atoms with Gasteiger partial charge in [-0.25, -0.2) is 0 Å². The SMILES string of the molecule is Cc1ccc(OCC(=O)N2C[C@]3(C)C[C@H]2CC(C)(C)C3)cc1. The van der Waals surface area contributed by atoms with Crippen LogP contribution in [-0.4, -0.2) is 30.0 Å². The van der Waals surface area contributed by atoms with E-state index in [0.717, 1.165) is 25.1 Å². The maximum Gasteiger partial charge on any atom is 0.260 e. The Hall–Kier alpha value is -1.51. The molecule has 0 spiro atoms. The van der Waals surface area contributed by atoms with Gasteiger partial charge in [0.15, 0.2) is 6.61 Å². The van der Waals surface area contributed by atoms with Crippen LogP contribution >= 0.6 is 0 Å². The second-order valence-electron chi connectivity index (χ2n) is 8.34. The van der Waals surface area contributed by atoms with Crippen LogP contribution in [0.1, 0.15) is 45.6 Å². The zero-order valence-corrected chi connectivity index (χ0v) is 14.2. The monoisotopic (exact) mass is 301 g/mol. The molecule has 2 bridgehead atoms. The summed E-state index contributed by atoms with van der Waals surface area (Å²) in [6, 6.07) is 8.26. The number of benzene rings is 1. The van der Waals surface area contributed by atoms with Crippen molar-refractivity contribution in [2.45, 2.75) is 53.0 Å². The number of carbonyl (C=O) groups excluding carboxylic acids is 1. The molecule has 1 aliphatic heterocycles. The van der Waals surface area contributed by atoms with Crippen molar-refractivity contribution in [1.29, 1.82) is 0 Å². The highest BCUT2D eigenvalue weighted by atomic mass is 16.5. The van der Waals surface area contributed by atoms with Gasteiger partial charge in [-0.3, -0.25) is 4.79 Å². The molecule has 2 atom stereocenters. The van der Waals surface area contributed by atoms with Gasteiger partial charge < -0.3 is 9.64 Å². The second kappa shape index (κ2) is 5.29. The van der Waals surface area contributed by atoms with E-state index in [2.05, 4.69) is 25.7 Å². The van der Waals surface area contributed by atoms with E-state index in [9.17, 15) is 4.79 Å². The predicted octanol–water partition coefficient (Wildman–Crippen LogP) is 3.80. The minimum absolute atomic E-state index is 0.131. The highest BCUT2D eigenvalue weighted by Crippen LogP contribution is 2.52. The van der Waals surface area contributed by atoms with Crippen molar-refractivity contribution in [1.82, 2.24) is 4.90 Å². The van der Waals surface area contributed by atoms with Gasteiger partial charge in [-0.15, -0.1) is 0 Å². The summed E-state index contributed by atoms with van der Waals surface area (Å²) in [4.78, 5) is 14.7. The van der Waals surface area contributed by atoms with Crippen LogP contribution in [0.4, 0.5) is 0 Å². The molecule has 0 N–H and O–H groups in total. The summed E-state index contributed by atoms with van der Waals surface area (Å²) < 4.78 is 5.68. The third-order valence-electron chi connectivity index (χ3n) is 5.12. The molecule has 0 aromatic heterocycles. The molecule has 22 heavy (non-hydrogen) atoms. The Morgan fingerprint density at radius 3 is 2.59 bits per heavy atom. The summed E-state index contributed by atoms with van der Waals surface area (Å²) in [5.74, 6) is 0.902. The number of hydrogen-bond donors (Lipinski definition) is 0. The topological polar surface area (TPSA) is 29.5 Å². The molecule has 1 saturated carbocycles. The van der Waals surface area contributed by atoms with Crippen molar-refractivity contribution >= 4 is 5.91 Å². The van der Waals surface area contributed by atoms with Crippen molar-refractivity contribution in [3.05, 3.63) is 29.8 Å². The Labute approximate surface area is 133 Å². The summed E-state index contributed by atoms with van der Waals surface area (Å²) in [7, 11) is 0. The Bertz CT molecular complexity index is 563. The molecule has 3 nitrogen and oxygen atoms in total. The Morgan fingerprint density at radius 1 is 1.23 bits per heavy atom. The zero-order chi connectivity index (χ0) is 16.0. The van der Waals surface area contributed by atoms with E-state index in [1.54, 1.807) is 0 Å². The molecular weight excluding hydrogens is 274 g/mol. The normalized spacial score (nSPS) is 29.5. The molecule has 120 valence electrons. The summed E-state index contributed by atoms with van der Waals surface area (Å²) >= 11 is 0. The van der Waals surface area contributed by atoms with Crippen molar-refractivity contribution in [2.24, 2.45) is 10.8 Å². The number of rotatable bonds is 3. The summed E-state index contributed by atoms with van der Waals surface area (Å²) in [5.41, 5.74) is 1.82. The molecule has 1 heterocycles. The van der Waals surface area contributed by atoms with Crippen LogP contribution in [0.3, 0.4) is 0 Å². The summed E-state index contributed by atoms with van der Waals surface area (Å²) in [6.45, 7) is 10.1. The quantitative estimate of drug-likeness (QED) is 0.850. The Kier molecular flexibility index (Phi) is 3.70. The maximum absolute atomic E-state index is 12.6. The third kappa shape index (κ3) is 3.13. The first-order valence-electron chi connectivity index (χ1n) is 8.25. The highest BCUT2D eigenvalue weighted by molar-refractivity contribution is 5.78. The average molecular weight is 301 g/mol. The van der Waals surface area contributed by atoms with E-state index in [1.165, 1.54) is 12.0 Å². The first kappa shape index (κ1) is 15.4. The van der Waals surface area contributed by atoms with Crippen LogP contribution in [0.2, 0.25) is 0 Å². The second-order valence-corrected chi connectivity index (χ2v) is 8.34. The standard InChI is InChI=1S/C19H27NO2/c1-14-5-7-16(8-6-14)22-11-17(21)20-13-19(4)10-15(20)9-18(2,3)12-19/h5-8,15H,9-13H2,1-4H3/t15-,19-/m1/s1. The van der Waals surface area contributed by atoms with Crippen LogP contribution in [0, 0.1) is 17.8 Å². The van der Waals surface area contributed by atoms with E-state index >= 15 is 0 Å². The predicted molar refractivity (Wildman–Crippen MR) is 87.9 cm³/mol. The fourth-order valence-corrected chi connectivity index (χ4v) is 4.61. The van der Waals surface area contributed by atoms with Crippen molar-refractivity contribution in [3.63, 3.8) is 0 Å². The molecule has 1 aromatic carbocycles. The van der Waals surface area contributed by atoms with Gasteiger partial charge in [0.05, 0.1) is 0 Å². The molecule has 1 amide bonds. The number of fused-ring (bicyclic) bond motifs is 2. The number of ether oxygens (including phenoxy) is 1. The minimum atomic E-state index is 0.131. The molecule has 2 fully saturated rings. The molecule has 0 unspecified atom stereocenters. The number of amides is 1. The third-order valence-corrected chi connectivity index (χ3v) is 5.12. The molecule has 1 saturated heterocycles. The fraction of sp³-hybridized carbons (Fsp3) is 0.632. The lowest BCUT2D eigenvalue weighted by atomic mass is 9.65. The van der Waals surface area contributed by atoms with E-state index in [1.807, 2.05) is 31.2 Å². The molecule has 0 radical (unpaired) electrons. The number of aryl methyl sites for hydroxylation is 1. The molecule has 2 aliphatic rings. The molecule has 1 aromatic rings. The van der Waals surface area contributed by atoms with Crippen molar-refractivity contribution in [2.75, 3.05) is 13.2 Å². The Balaban J connectivity index is 1.62. The molecule has 3 rings (SSSR count). The van der Waals surface area contributed by atoms with Gasteiger partial charge in [0, 0.05) is 12.6 Å². The van der Waals surface area contributed by atoms with E-state index < -0.39 is 0 Å². The van der Waals surface area contributed by atoms with Gasteiger partial charge in [0.25, 0.3) is 5.91 Å². The molecule has 1 aliphatic carbocycles. The summed E-state index contributed by atoms with van der Waals surface area (Å²) in [5, 5.41) is 0. The van der Waals surface area contributed by atoms with Crippen LogP contribution in [-0.2, 0) is 4.79 Å². The van der Waals surface area contributed by atoms with Gasteiger partial charge in [-0.05, 0) is 49.1 Å². The highest BCUT2D eigenvalue weighted by Gasteiger charge is 2.50. The summed E-state index contributed by atoms with van der Waals surface area (Å²) in [6.07, 6.45) is 3.46. The number of nitrogens with zero attached hydrogens (tertiary/aromatic N) is 1. The van der Waals surface area contributed by atoms with Gasteiger partial charge in [0.1, 0.15) is 5.75 Å². The van der Waals surface area contributed by atoms with Gasteiger partial charge >= 0.3 is 0 Å². The molecular formula is C19H27NO2. The van der Waals surface area contributed by atoms with Gasteiger partial charge in [0.2, 0.25) is 0 Å². The largest absolute Gasteiger partial charge is 0.484 e. The first-order chi connectivity index (χ1) is 10.3.